The molecule has 1 aliphatic rings. The molecule has 0 unspecified atom stereocenters. The Kier molecular flexibility index (Phi) is 6.88. The van der Waals surface area contributed by atoms with E-state index in [0.29, 0.717) is 29.4 Å². The molecular weight excluding hydrogens is 338 g/mol. The molecule has 0 N–H and O–H groups in total. The fourth-order valence-corrected chi connectivity index (χ4v) is 3.83. The lowest BCUT2D eigenvalue weighted by atomic mass is 9.89. The first-order valence-corrected chi connectivity index (χ1v) is 9.73. The van der Waals surface area contributed by atoms with Crippen molar-refractivity contribution in [1.82, 2.24) is 4.90 Å². The van der Waals surface area contributed by atoms with E-state index in [1.54, 1.807) is 26.4 Å². The molecule has 0 atom stereocenters. The van der Waals surface area contributed by atoms with Crippen molar-refractivity contribution >= 4 is 5.78 Å². The maximum Gasteiger partial charge on any atom is 0.163 e. The molecule has 1 saturated heterocycles. The van der Waals surface area contributed by atoms with Crippen molar-refractivity contribution < 1.29 is 14.3 Å². The molecule has 27 heavy (non-hydrogen) atoms. The van der Waals surface area contributed by atoms with Gasteiger partial charge >= 0.3 is 0 Å². The highest BCUT2D eigenvalue weighted by molar-refractivity contribution is 5.96. The molecule has 1 fully saturated rings. The van der Waals surface area contributed by atoms with E-state index in [1.807, 2.05) is 6.07 Å². The number of carbonyl (C=O) groups is 1. The summed E-state index contributed by atoms with van der Waals surface area (Å²) in [5.41, 5.74) is 2.15. The SMILES string of the molecule is COc1ccc(C(=O)CCCN2CCC(c3ccccc3)CC2)cc1OC. The Hall–Kier alpha value is -2.33. The van der Waals surface area contributed by atoms with Gasteiger partial charge in [0.15, 0.2) is 17.3 Å². The standard InChI is InChI=1S/C23H29NO3/c1-26-22-11-10-20(17-23(22)27-2)21(25)9-6-14-24-15-12-19(13-16-24)18-7-4-3-5-8-18/h3-5,7-8,10-11,17,19H,6,9,12-16H2,1-2H3. The van der Waals surface area contributed by atoms with Crippen molar-refractivity contribution in [3.8, 4) is 11.5 Å². The quantitative estimate of drug-likeness (QED) is 0.642. The van der Waals surface area contributed by atoms with Gasteiger partial charge in [-0.05, 0) is 68.6 Å². The number of nitrogens with zero attached hydrogens (tertiary/aromatic N) is 1. The molecule has 144 valence electrons. The molecule has 0 saturated carbocycles. The van der Waals surface area contributed by atoms with Gasteiger partial charge < -0.3 is 14.4 Å². The van der Waals surface area contributed by atoms with Crippen molar-refractivity contribution in [1.29, 1.82) is 0 Å². The molecule has 0 amide bonds. The van der Waals surface area contributed by atoms with Crippen LogP contribution in [-0.2, 0) is 0 Å². The number of rotatable bonds is 8. The average Bonchev–Trinajstić information content (AvgIpc) is 2.74. The summed E-state index contributed by atoms with van der Waals surface area (Å²) in [7, 11) is 3.19. The third-order valence-electron chi connectivity index (χ3n) is 5.44. The minimum Gasteiger partial charge on any atom is -0.493 e. The van der Waals surface area contributed by atoms with Gasteiger partial charge in [0.05, 0.1) is 14.2 Å². The van der Waals surface area contributed by atoms with Crippen LogP contribution >= 0.6 is 0 Å². The number of ketones is 1. The summed E-state index contributed by atoms with van der Waals surface area (Å²) in [6.45, 7) is 3.22. The van der Waals surface area contributed by atoms with Crippen molar-refractivity contribution in [3.05, 3.63) is 59.7 Å². The monoisotopic (exact) mass is 367 g/mol. The van der Waals surface area contributed by atoms with E-state index in [9.17, 15) is 4.79 Å². The van der Waals surface area contributed by atoms with Crippen molar-refractivity contribution in [2.45, 2.75) is 31.6 Å². The Labute approximate surface area is 162 Å². The normalized spacial score (nSPS) is 15.5. The molecule has 1 heterocycles. The summed E-state index contributed by atoms with van der Waals surface area (Å²) in [5, 5.41) is 0. The molecule has 0 aromatic heterocycles. The Bertz CT molecular complexity index is 737. The molecule has 4 heteroatoms. The van der Waals surface area contributed by atoms with Crippen molar-refractivity contribution in [2.75, 3.05) is 33.9 Å². The predicted octanol–water partition coefficient (Wildman–Crippen LogP) is 4.55. The van der Waals surface area contributed by atoms with E-state index in [2.05, 4.69) is 35.2 Å². The number of piperidine rings is 1. The summed E-state index contributed by atoms with van der Waals surface area (Å²) in [4.78, 5) is 15.0. The second-order valence-corrected chi connectivity index (χ2v) is 7.12. The summed E-state index contributed by atoms with van der Waals surface area (Å²) < 4.78 is 10.5. The minimum absolute atomic E-state index is 0.162. The van der Waals surface area contributed by atoms with Crippen LogP contribution in [0.1, 0.15) is 47.5 Å². The minimum atomic E-state index is 0.162. The molecule has 0 bridgehead atoms. The van der Waals surface area contributed by atoms with Crippen molar-refractivity contribution in [2.24, 2.45) is 0 Å². The highest BCUT2D eigenvalue weighted by atomic mass is 16.5. The smallest absolute Gasteiger partial charge is 0.163 e. The van der Waals surface area contributed by atoms with Crippen LogP contribution in [-0.4, -0.2) is 44.5 Å². The maximum absolute atomic E-state index is 12.5. The molecule has 2 aromatic carbocycles. The first-order chi connectivity index (χ1) is 13.2. The fraction of sp³-hybridized carbons (Fsp3) is 0.435. The summed E-state index contributed by atoms with van der Waals surface area (Å²) in [6, 6.07) is 16.2. The van der Waals surface area contributed by atoms with E-state index in [-0.39, 0.29) is 5.78 Å². The van der Waals surface area contributed by atoms with E-state index >= 15 is 0 Å². The molecule has 3 rings (SSSR count). The molecule has 0 aliphatic carbocycles. The molecule has 4 nitrogen and oxygen atoms in total. The van der Waals surface area contributed by atoms with Crippen LogP contribution in [0.2, 0.25) is 0 Å². The van der Waals surface area contributed by atoms with Gasteiger partial charge in [-0.3, -0.25) is 4.79 Å². The van der Waals surface area contributed by atoms with E-state index in [4.69, 9.17) is 9.47 Å². The number of likely N-dealkylation sites (tertiary alicyclic amines) is 1. The number of hydrogen-bond acceptors (Lipinski definition) is 4. The van der Waals surface area contributed by atoms with E-state index in [0.717, 1.165) is 26.1 Å². The highest BCUT2D eigenvalue weighted by Gasteiger charge is 2.20. The lowest BCUT2D eigenvalue weighted by Crippen LogP contribution is -2.33. The van der Waals surface area contributed by atoms with Gasteiger partial charge in [-0.2, -0.15) is 0 Å². The number of carbonyl (C=O) groups excluding carboxylic acids is 1. The zero-order chi connectivity index (χ0) is 19.1. The van der Waals surface area contributed by atoms with Crippen molar-refractivity contribution in [3.63, 3.8) is 0 Å². The Balaban J connectivity index is 1.43. The van der Waals surface area contributed by atoms with Crippen LogP contribution in [0.25, 0.3) is 0 Å². The third-order valence-corrected chi connectivity index (χ3v) is 5.44. The molecule has 1 aliphatic heterocycles. The number of benzene rings is 2. The van der Waals surface area contributed by atoms with Gasteiger partial charge in [0, 0.05) is 12.0 Å². The number of methoxy groups -OCH3 is 2. The number of ether oxygens (including phenoxy) is 2. The topological polar surface area (TPSA) is 38.8 Å². The molecule has 0 radical (unpaired) electrons. The van der Waals surface area contributed by atoms with Gasteiger partial charge in [0.1, 0.15) is 0 Å². The van der Waals surface area contributed by atoms with Gasteiger partial charge in [0.2, 0.25) is 0 Å². The predicted molar refractivity (Wildman–Crippen MR) is 108 cm³/mol. The lowest BCUT2D eigenvalue weighted by molar-refractivity contribution is 0.0972. The second-order valence-electron chi connectivity index (χ2n) is 7.12. The van der Waals surface area contributed by atoms with Crippen LogP contribution in [0, 0.1) is 0 Å². The van der Waals surface area contributed by atoms with Crippen LogP contribution in [0.5, 0.6) is 11.5 Å². The zero-order valence-corrected chi connectivity index (χ0v) is 16.3. The fourth-order valence-electron chi connectivity index (χ4n) is 3.83. The maximum atomic E-state index is 12.5. The van der Waals surface area contributed by atoms with E-state index < -0.39 is 0 Å². The number of hydrogen-bond donors (Lipinski definition) is 0. The summed E-state index contributed by atoms with van der Waals surface area (Å²) in [5.74, 6) is 2.09. The van der Waals surface area contributed by atoms with Crippen LogP contribution in [0.4, 0.5) is 0 Å². The Morgan fingerprint density at radius 3 is 2.37 bits per heavy atom. The van der Waals surface area contributed by atoms with Crippen LogP contribution < -0.4 is 9.47 Å². The molecule has 2 aromatic rings. The lowest BCUT2D eigenvalue weighted by Gasteiger charge is -2.32. The van der Waals surface area contributed by atoms with E-state index in [1.165, 1.54) is 18.4 Å². The summed E-state index contributed by atoms with van der Waals surface area (Å²) in [6.07, 6.45) is 3.86. The Morgan fingerprint density at radius 1 is 1.00 bits per heavy atom. The molecule has 0 spiro atoms. The first kappa shape index (κ1) is 19.4. The second kappa shape index (κ2) is 9.56. The molecular formula is C23H29NO3. The van der Waals surface area contributed by atoms with Gasteiger partial charge in [-0.1, -0.05) is 30.3 Å². The van der Waals surface area contributed by atoms with Gasteiger partial charge in [-0.15, -0.1) is 0 Å². The first-order valence-electron chi connectivity index (χ1n) is 9.73. The van der Waals surface area contributed by atoms with Gasteiger partial charge in [-0.25, -0.2) is 0 Å². The Morgan fingerprint density at radius 2 is 1.70 bits per heavy atom. The third kappa shape index (κ3) is 5.10. The zero-order valence-electron chi connectivity index (χ0n) is 16.3. The van der Waals surface area contributed by atoms with Gasteiger partial charge in [0.25, 0.3) is 0 Å². The average molecular weight is 367 g/mol. The number of Topliss-reactive ketones (excluding diaryl/α,β-unsaturated/α-hetero) is 1. The van der Waals surface area contributed by atoms with Crippen LogP contribution in [0.15, 0.2) is 48.5 Å². The van der Waals surface area contributed by atoms with Crippen LogP contribution in [0.3, 0.4) is 0 Å². The largest absolute Gasteiger partial charge is 0.493 e. The highest BCUT2D eigenvalue weighted by Crippen LogP contribution is 2.29. The summed E-state index contributed by atoms with van der Waals surface area (Å²) >= 11 is 0.